The lowest BCUT2D eigenvalue weighted by Crippen LogP contribution is -2.63. The molecular weight excluding hydrogens is 784 g/mol. The predicted octanol–water partition coefficient (Wildman–Crippen LogP) is -4.25. The van der Waals surface area contributed by atoms with Crippen LogP contribution >= 0.6 is 0 Å². The van der Waals surface area contributed by atoms with Crippen molar-refractivity contribution in [1.29, 1.82) is 0 Å². The molecule has 9 atom stereocenters. The molecule has 0 aromatic heterocycles. The largest absolute Gasteiger partial charge is 0.391 e. The number of hydrogen-bond donors (Lipinski definition) is 13. The van der Waals surface area contributed by atoms with Gasteiger partial charge in [0.2, 0.25) is 47.3 Å². The van der Waals surface area contributed by atoms with Crippen LogP contribution in [0.2, 0.25) is 0 Å². The standard InChI is InChI=1S/C37H70N14O9/c1-9-19(5)27(33(58)46-23(30(38)55)13-11-15-43-36(39)40)49-31(56)24(14-12-16-44-37(41)42)47-35(60)29(21(7)52)51-34(59)28(20(6)10-2)50-32(57)26(18(3)4)48-25(54)17-45-22(8)53/h18-21,23-24,26-29,52H,9-17H2,1-8H3,(H2,38,55)(H,45,53)(H,46,58)(H,47,60)(H,48,54)(H,49,56)(H,50,57)(H,51,59)(H4,39,40,43)(H4,41,42,44)/t19-,20-,21+,23-,24-,26-,27-,28-,29-/m0/s1. The van der Waals surface area contributed by atoms with Gasteiger partial charge in [-0.05, 0) is 50.4 Å². The number of amides is 8. The lowest BCUT2D eigenvalue weighted by atomic mass is 9.95. The molecular formula is C37H70N14O9. The maximum Gasteiger partial charge on any atom is 0.245 e. The normalized spacial score (nSPS) is 15.4. The Morgan fingerprint density at radius 3 is 1.37 bits per heavy atom. The first-order chi connectivity index (χ1) is 28.0. The predicted molar refractivity (Wildman–Crippen MR) is 225 cm³/mol. The maximum atomic E-state index is 13.9. The SMILES string of the molecule is CC[C@H](C)[C@H](NC(=O)[C@H](CCCN=C(N)N)NC(=O)[C@@H](NC(=O)[C@@H](NC(=O)[C@@H](NC(=O)CNC(C)=O)C(C)C)[C@@H](C)CC)[C@@H](C)O)C(=O)N[C@@H](CCCN=C(N)N)C(N)=O. The molecule has 0 saturated carbocycles. The van der Waals surface area contributed by atoms with E-state index in [1.54, 1.807) is 41.5 Å². The van der Waals surface area contributed by atoms with Crippen LogP contribution in [0.25, 0.3) is 0 Å². The lowest BCUT2D eigenvalue weighted by Gasteiger charge is -2.31. The Morgan fingerprint density at radius 2 is 0.950 bits per heavy atom. The Morgan fingerprint density at radius 1 is 0.550 bits per heavy atom. The van der Waals surface area contributed by atoms with Crippen molar-refractivity contribution in [2.75, 3.05) is 19.6 Å². The summed E-state index contributed by atoms with van der Waals surface area (Å²) in [4.78, 5) is 112. The van der Waals surface area contributed by atoms with E-state index in [9.17, 15) is 43.5 Å². The molecule has 8 amide bonds. The molecule has 0 unspecified atom stereocenters. The Hall–Kier alpha value is -5.74. The van der Waals surface area contributed by atoms with Crippen molar-refractivity contribution in [3.63, 3.8) is 0 Å². The number of primary amides is 1. The van der Waals surface area contributed by atoms with Crippen molar-refractivity contribution in [1.82, 2.24) is 37.2 Å². The molecule has 0 rings (SSSR count). The van der Waals surface area contributed by atoms with Gasteiger partial charge in [-0.25, -0.2) is 0 Å². The minimum Gasteiger partial charge on any atom is -0.391 e. The number of nitrogens with two attached hydrogens (primary N) is 5. The third kappa shape index (κ3) is 20.8. The number of aliphatic hydroxyl groups is 1. The number of aliphatic hydroxyl groups excluding tert-OH is 1. The zero-order valence-corrected chi connectivity index (χ0v) is 36.1. The monoisotopic (exact) mass is 855 g/mol. The van der Waals surface area contributed by atoms with Crippen molar-refractivity contribution < 1.29 is 43.5 Å². The van der Waals surface area contributed by atoms with Crippen LogP contribution < -0.4 is 65.9 Å². The van der Waals surface area contributed by atoms with Gasteiger partial charge < -0.3 is 71.0 Å². The number of carbonyl (C=O) groups excluding carboxylic acids is 8. The molecule has 0 bridgehead atoms. The zero-order valence-electron chi connectivity index (χ0n) is 36.1. The Kier molecular flexibility index (Phi) is 25.2. The molecule has 0 aliphatic carbocycles. The van der Waals surface area contributed by atoms with Crippen LogP contribution in [0.4, 0.5) is 0 Å². The topological polar surface area (TPSA) is 396 Å². The van der Waals surface area contributed by atoms with Crippen LogP contribution in [-0.2, 0) is 38.4 Å². The summed E-state index contributed by atoms with van der Waals surface area (Å²) in [5.74, 6) is -7.69. The number of hydrogen-bond acceptors (Lipinski definition) is 11. The van der Waals surface area contributed by atoms with Crippen molar-refractivity contribution in [3.05, 3.63) is 0 Å². The summed E-state index contributed by atoms with van der Waals surface area (Å²) in [6.07, 6.45) is -0.190. The number of rotatable bonds is 28. The third-order valence-electron chi connectivity index (χ3n) is 9.60. The van der Waals surface area contributed by atoms with Crippen LogP contribution in [0.5, 0.6) is 0 Å². The van der Waals surface area contributed by atoms with Crippen LogP contribution in [0.15, 0.2) is 9.98 Å². The highest BCUT2D eigenvalue weighted by molar-refractivity contribution is 5.97. The molecule has 18 N–H and O–H groups in total. The molecule has 342 valence electrons. The molecule has 0 aliphatic heterocycles. The van der Waals surface area contributed by atoms with E-state index < -0.39 is 107 Å². The van der Waals surface area contributed by atoms with E-state index in [-0.39, 0.29) is 50.8 Å². The number of carbonyl (C=O) groups is 8. The number of nitrogens with one attached hydrogen (secondary N) is 7. The van der Waals surface area contributed by atoms with Crippen LogP contribution in [0.1, 0.15) is 93.9 Å². The second-order valence-corrected chi connectivity index (χ2v) is 15.1. The van der Waals surface area contributed by atoms with Crippen molar-refractivity contribution in [2.24, 2.45) is 56.4 Å². The van der Waals surface area contributed by atoms with E-state index >= 15 is 0 Å². The number of guanidine groups is 2. The molecule has 60 heavy (non-hydrogen) atoms. The van der Waals surface area contributed by atoms with E-state index in [1.807, 2.05) is 0 Å². The van der Waals surface area contributed by atoms with Gasteiger partial charge >= 0.3 is 0 Å². The quantitative estimate of drug-likeness (QED) is 0.0202. The molecule has 0 aliphatic rings. The lowest BCUT2D eigenvalue weighted by molar-refractivity contribution is -0.138. The Bertz CT molecular complexity index is 1520. The van der Waals surface area contributed by atoms with E-state index in [0.717, 1.165) is 0 Å². The fraction of sp³-hybridized carbons (Fsp3) is 0.730. The second kappa shape index (κ2) is 27.9. The average Bonchev–Trinajstić information content (AvgIpc) is 3.16. The van der Waals surface area contributed by atoms with Gasteiger partial charge in [0.15, 0.2) is 11.9 Å². The van der Waals surface area contributed by atoms with Crippen molar-refractivity contribution >= 4 is 59.2 Å². The molecule has 0 aromatic rings. The minimum atomic E-state index is -1.64. The summed E-state index contributed by atoms with van der Waals surface area (Å²) in [5, 5.41) is 28.5. The van der Waals surface area contributed by atoms with Gasteiger partial charge in [-0.15, -0.1) is 0 Å². The van der Waals surface area contributed by atoms with E-state index in [2.05, 4.69) is 47.2 Å². The summed E-state index contributed by atoms with van der Waals surface area (Å²) < 4.78 is 0. The third-order valence-corrected chi connectivity index (χ3v) is 9.60. The molecule has 0 spiro atoms. The fourth-order valence-electron chi connectivity index (χ4n) is 5.60. The first-order valence-electron chi connectivity index (χ1n) is 20.1. The number of nitrogens with zero attached hydrogens (tertiary/aromatic N) is 2. The van der Waals surface area contributed by atoms with E-state index in [4.69, 9.17) is 28.7 Å². The summed E-state index contributed by atoms with van der Waals surface area (Å²) in [7, 11) is 0. The molecule has 0 saturated heterocycles. The van der Waals surface area contributed by atoms with Crippen LogP contribution in [-0.4, -0.2) is 126 Å². The summed E-state index contributed by atoms with van der Waals surface area (Å²) in [6, 6.07) is -7.65. The van der Waals surface area contributed by atoms with Gasteiger partial charge in [0.25, 0.3) is 0 Å². The number of aliphatic imine (C=N–C) groups is 2. The Balaban J connectivity index is 6.41. The van der Waals surface area contributed by atoms with Gasteiger partial charge in [0, 0.05) is 20.0 Å². The van der Waals surface area contributed by atoms with Crippen molar-refractivity contribution in [2.45, 2.75) is 136 Å². The van der Waals surface area contributed by atoms with E-state index in [1.165, 1.54) is 13.8 Å². The maximum absolute atomic E-state index is 13.9. The molecule has 23 heteroatoms. The van der Waals surface area contributed by atoms with Gasteiger partial charge in [0.1, 0.15) is 36.3 Å². The highest BCUT2D eigenvalue weighted by atomic mass is 16.3. The first kappa shape index (κ1) is 54.3. The first-order valence-corrected chi connectivity index (χ1v) is 20.1. The highest BCUT2D eigenvalue weighted by Crippen LogP contribution is 2.13. The molecule has 23 nitrogen and oxygen atoms in total. The summed E-state index contributed by atoms with van der Waals surface area (Å²) in [6.45, 7) is 12.6. The van der Waals surface area contributed by atoms with E-state index in [0.29, 0.717) is 19.3 Å². The smallest absolute Gasteiger partial charge is 0.245 e. The van der Waals surface area contributed by atoms with Gasteiger partial charge in [-0.2, -0.15) is 0 Å². The van der Waals surface area contributed by atoms with Gasteiger partial charge in [-0.1, -0.05) is 54.4 Å². The minimum absolute atomic E-state index is 0.0613. The van der Waals surface area contributed by atoms with Crippen molar-refractivity contribution in [3.8, 4) is 0 Å². The molecule has 0 aromatic carbocycles. The zero-order chi connectivity index (χ0) is 46.3. The fourth-order valence-corrected chi connectivity index (χ4v) is 5.60. The van der Waals surface area contributed by atoms with Crippen LogP contribution in [0, 0.1) is 17.8 Å². The summed E-state index contributed by atoms with van der Waals surface area (Å²) in [5.41, 5.74) is 27.1. The average molecular weight is 855 g/mol. The molecule has 0 heterocycles. The second-order valence-electron chi connectivity index (χ2n) is 15.1. The van der Waals surface area contributed by atoms with Crippen LogP contribution in [0.3, 0.4) is 0 Å². The van der Waals surface area contributed by atoms with Gasteiger partial charge in [-0.3, -0.25) is 48.3 Å². The van der Waals surface area contributed by atoms with Gasteiger partial charge in [0.05, 0.1) is 12.6 Å². The highest BCUT2D eigenvalue weighted by Gasteiger charge is 2.37. The molecule has 0 fully saturated rings. The Labute approximate surface area is 351 Å². The summed E-state index contributed by atoms with van der Waals surface area (Å²) >= 11 is 0. The molecule has 0 radical (unpaired) electrons.